The molecule has 0 saturated carbocycles. The monoisotopic (exact) mass is 376 g/mol. The third-order valence-electron chi connectivity index (χ3n) is 4.02. The number of sulfonamides is 1. The summed E-state index contributed by atoms with van der Waals surface area (Å²) in [4.78, 5) is 14.2. The van der Waals surface area contributed by atoms with Crippen LogP contribution in [0.1, 0.15) is 29.8 Å². The van der Waals surface area contributed by atoms with Gasteiger partial charge in [-0.2, -0.15) is 0 Å². The molecule has 6 nitrogen and oxygen atoms in total. The summed E-state index contributed by atoms with van der Waals surface area (Å²) < 4.78 is 33.2. The zero-order valence-corrected chi connectivity index (χ0v) is 16.3. The highest BCUT2D eigenvalue weighted by molar-refractivity contribution is 7.92. The van der Waals surface area contributed by atoms with Gasteiger partial charge in [-0.1, -0.05) is 12.1 Å². The molecule has 0 aliphatic heterocycles. The lowest BCUT2D eigenvalue weighted by molar-refractivity contribution is 0.0773. The van der Waals surface area contributed by atoms with Crippen molar-refractivity contribution in [2.24, 2.45) is 0 Å². The van der Waals surface area contributed by atoms with Gasteiger partial charge in [0.05, 0.1) is 7.11 Å². The lowest BCUT2D eigenvalue weighted by Crippen LogP contribution is -2.30. The van der Waals surface area contributed by atoms with Crippen LogP contribution in [0.2, 0.25) is 0 Å². The lowest BCUT2D eigenvalue weighted by atomic mass is 10.2. The molecule has 0 unspecified atom stereocenters. The number of methoxy groups -OCH3 is 1. The molecule has 0 radical (unpaired) electrons. The highest BCUT2D eigenvalue weighted by Gasteiger charge is 2.21. The molecule has 0 bridgehead atoms. The summed E-state index contributed by atoms with van der Waals surface area (Å²) in [5, 5.41) is 0. The smallest absolute Gasteiger partial charge is 0.265 e. The fourth-order valence-electron chi connectivity index (χ4n) is 2.61. The largest absolute Gasteiger partial charge is 0.495 e. The van der Waals surface area contributed by atoms with E-state index in [1.54, 1.807) is 47.4 Å². The molecule has 0 atom stereocenters. The summed E-state index contributed by atoms with van der Waals surface area (Å²) in [6, 6.07) is 11.4. The van der Waals surface area contributed by atoms with Gasteiger partial charge in [0, 0.05) is 24.3 Å². The number of anilines is 1. The van der Waals surface area contributed by atoms with Gasteiger partial charge in [0.1, 0.15) is 10.6 Å². The average Bonchev–Trinajstić information content (AvgIpc) is 2.62. The Hall–Kier alpha value is -2.54. The topological polar surface area (TPSA) is 75.7 Å². The maximum Gasteiger partial charge on any atom is 0.265 e. The van der Waals surface area contributed by atoms with Gasteiger partial charge in [0.15, 0.2) is 0 Å². The van der Waals surface area contributed by atoms with Gasteiger partial charge in [0.25, 0.3) is 15.9 Å². The molecule has 26 heavy (non-hydrogen) atoms. The lowest BCUT2D eigenvalue weighted by Gasteiger charge is -2.19. The van der Waals surface area contributed by atoms with Gasteiger partial charge in [-0.15, -0.1) is 0 Å². The number of benzene rings is 2. The van der Waals surface area contributed by atoms with Gasteiger partial charge in [0.2, 0.25) is 0 Å². The van der Waals surface area contributed by atoms with Crippen LogP contribution in [0, 0.1) is 6.92 Å². The Bertz CT molecular complexity index is 890. The molecule has 0 aliphatic carbocycles. The molecule has 0 saturated heterocycles. The Labute approximate surface area is 154 Å². The Morgan fingerprint density at radius 3 is 2.42 bits per heavy atom. The Kier molecular flexibility index (Phi) is 6.26. The molecule has 7 heteroatoms. The van der Waals surface area contributed by atoms with E-state index in [-0.39, 0.29) is 16.6 Å². The second-order valence-corrected chi connectivity index (χ2v) is 7.47. The van der Waals surface area contributed by atoms with E-state index in [1.807, 2.05) is 20.8 Å². The number of nitrogens with zero attached hydrogens (tertiary/aromatic N) is 1. The van der Waals surface area contributed by atoms with Crippen LogP contribution in [0.4, 0.5) is 5.69 Å². The molecule has 140 valence electrons. The maximum atomic E-state index is 12.8. The SMILES string of the molecule is CCN(CC)C(=O)c1cccc(NS(=O)(=O)c2cc(C)ccc2OC)c1. The van der Waals surface area contributed by atoms with E-state index in [9.17, 15) is 13.2 Å². The number of nitrogens with one attached hydrogen (secondary N) is 1. The molecule has 2 aromatic rings. The van der Waals surface area contributed by atoms with Crippen molar-refractivity contribution in [1.29, 1.82) is 0 Å². The van der Waals surface area contributed by atoms with Crippen LogP contribution >= 0.6 is 0 Å². The molecular formula is C19H24N2O4S. The normalized spacial score (nSPS) is 11.1. The van der Waals surface area contributed by atoms with E-state index in [0.717, 1.165) is 5.56 Å². The van der Waals surface area contributed by atoms with Gasteiger partial charge in [-0.05, 0) is 56.7 Å². The highest BCUT2D eigenvalue weighted by Crippen LogP contribution is 2.27. The van der Waals surface area contributed by atoms with Crippen LogP contribution in [0.15, 0.2) is 47.4 Å². The highest BCUT2D eigenvalue weighted by atomic mass is 32.2. The van der Waals surface area contributed by atoms with E-state index >= 15 is 0 Å². The first kappa shape index (κ1) is 19.8. The van der Waals surface area contributed by atoms with Crippen LogP contribution in [0.25, 0.3) is 0 Å². The Morgan fingerprint density at radius 1 is 1.12 bits per heavy atom. The van der Waals surface area contributed by atoms with Crippen molar-refractivity contribution >= 4 is 21.6 Å². The zero-order chi connectivity index (χ0) is 19.3. The van der Waals surface area contributed by atoms with Crippen molar-refractivity contribution in [2.45, 2.75) is 25.7 Å². The molecule has 0 spiro atoms. The molecule has 2 aromatic carbocycles. The fourth-order valence-corrected chi connectivity index (χ4v) is 3.92. The van der Waals surface area contributed by atoms with Crippen molar-refractivity contribution in [3.8, 4) is 5.75 Å². The van der Waals surface area contributed by atoms with Crippen molar-refractivity contribution in [2.75, 3.05) is 24.9 Å². The minimum Gasteiger partial charge on any atom is -0.495 e. The third-order valence-corrected chi connectivity index (χ3v) is 5.42. The van der Waals surface area contributed by atoms with E-state index < -0.39 is 10.0 Å². The predicted octanol–water partition coefficient (Wildman–Crippen LogP) is 3.29. The van der Waals surface area contributed by atoms with Crippen LogP contribution in [-0.4, -0.2) is 39.4 Å². The van der Waals surface area contributed by atoms with Gasteiger partial charge < -0.3 is 9.64 Å². The first-order valence-electron chi connectivity index (χ1n) is 8.39. The molecule has 1 N–H and O–H groups in total. The summed E-state index contributed by atoms with van der Waals surface area (Å²) in [5.41, 5.74) is 1.56. The van der Waals surface area contributed by atoms with Crippen molar-refractivity contribution < 1.29 is 17.9 Å². The first-order chi connectivity index (χ1) is 12.3. The molecule has 0 fully saturated rings. The van der Waals surface area contributed by atoms with Gasteiger partial charge in [-0.3, -0.25) is 9.52 Å². The Balaban J connectivity index is 2.35. The fraction of sp³-hybridized carbons (Fsp3) is 0.316. The van der Waals surface area contributed by atoms with Crippen molar-refractivity contribution in [3.05, 3.63) is 53.6 Å². The minimum absolute atomic E-state index is 0.0560. The van der Waals surface area contributed by atoms with E-state index in [2.05, 4.69) is 4.72 Å². The summed E-state index contributed by atoms with van der Waals surface area (Å²) in [6.45, 7) is 6.79. The van der Waals surface area contributed by atoms with Crippen LogP contribution in [0.5, 0.6) is 5.75 Å². The first-order valence-corrected chi connectivity index (χ1v) is 9.87. The van der Waals surface area contributed by atoms with E-state index in [0.29, 0.717) is 24.3 Å². The number of hydrogen-bond donors (Lipinski definition) is 1. The van der Waals surface area contributed by atoms with Gasteiger partial charge >= 0.3 is 0 Å². The quantitative estimate of drug-likeness (QED) is 0.805. The number of carbonyl (C=O) groups is 1. The standard InChI is InChI=1S/C19H24N2O4S/c1-5-21(6-2)19(22)15-8-7-9-16(13-15)20-26(23,24)18-12-14(3)10-11-17(18)25-4/h7-13,20H,5-6H2,1-4H3. The summed E-state index contributed by atoms with van der Waals surface area (Å²) in [7, 11) is -2.43. The number of carbonyl (C=O) groups excluding carboxylic acids is 1. The maximum absolute atomic E-state index is 12.8. The molecular weight excluding hydrogens is 352 g/mol. The van der Waals surface area contributed by atoms with Gasteiger partial charge in [-0.25, -0.2) is 8.42 Å². The molecule has 1 amide bonds. The zero-order valence-electron chi connectivity index (χ0n) is 15.4. The van der Waals surface area contributed by atoms with Crippen LogP contribution in [-0.2, 0) is 10.0 Å². The second kappa shape index (κ2) is 8.23. The number of ether oxygens (including phenoxy) is 1. The van der Waals surface area contributed by atoms with E-state index in [4.69, 9.17) is 4.74 Å². The number of hydrogen-bond acceptors (Lipinski definition) is 4. The second-order valence-electron chi connectivity index (χ2n) is 5.82. The molecule has 2 rings (SSSR count). The summed E-state index contributed by atoms with van der Waals surface area (Å²) >= 11 is 0. The van der Waals surface area contributed by atoms with Crippen LogP contribution < -0.4 is 9.46 Å². The number of rotatable bonds is 7. The summed E-state index contributed by atoms with van der Waals surface area (Å²) in [6.07, 6.45) is 0. The molecule has 0 heterocycles. The summed E-state index contributed by atoms with van der Waals surface area (Å²) in [5.74, 6) is 0.127. The average molecular weight is 376 g/mol. The molecule has 0 aliphatic rings. The minimum atomic E-state index is -3.85. The van der Waals surface area contributed by atoms with Crippen molar-refractivity contribution in [1.82, 2.24) is 4.90 Å². The predicted molar refractivity (Wildman–Crippen MR) is 102 cm³/mol. The Morgan fingerprint density at radius 2 is 1.81 bits per heavy atom. The van der Waals surface area contributed by atoms with Crippen molar-refractivity contribution in [3.63, 3.8) is 0 Å². The molecule has 0 aromatic heterocycles. The van der Waals surface area contributed by atoms with E-state index in [1.165, 1.54) is 7.11 Å². The van der Waals surface area contributed by atoms with Crippen LogP contribution in [0.3, 0.4) is 0 Å². The number of aryl methyl sites for hydroxylation is 1. The number of amides is 1. The third kappa shape index (κ3) is 4.35.